The summed E-state index contributed by atoms with van der Waals surface area (Å²) in [5.41, 5.74) is -0.768. The summed E-state index contributed by atoms with van der Waals surface area (Å²) in [5, 5.41) is 23.8. The summed E-state index contributed by atoms with van der Waals surface area (Å²) < 4.78 is 6.93. The molecule has 0 aromatic carbocycles. The second-order valence-electron chi connectivity index (χ2n) is 7.49. The molecule has 148 valence electrons. The number of ether oxygens (including phenoxy) is 1. The summed E-state index contributed by atoms with van der Waals surface area (Å²) in [6.07, 6.45) is 3.87. The first-order valence-corrected chi connectivity index (χ1v) is 11.9. The third-order valence-corrected chi connectivity index (χ3v) is 5.88. The minimum atomic E-state index is -1.29. The SMILES string of the molecule is C=P(C)(C)CCC1OC(n2cc(CNCCC)c(=O)[nH]c2=O)[C@H](O)[C@@H]1O. The molecule has 1 fully saturated rings. The van der Waals surface area contributed by atoms with E-state index >= 15 is 0 Å². The minimum absolute atomic E-state index is 0.304. The van der Waals surface area contributed by atoms with Crippen LogP contribution < -0.4 is 16.6 Å². The Morgan fingerprint density at radius 3 is 2.65 bits per heavy atom. The molecule has 26 heavy (non-hydrogen) atoms. The van der Waals surface area contributed by atoms with E-state index in [0.717, 1.165) is 23.7 Å². The number of aromatic nitrogens is 2. The van der Waals surface area contributed by atoms with Crippen LogP contribution in [0.1, 0.15) is 31.6 Å². The van der Waals surface area contributed by atoms with E-state index in [9.17, 15) is 19.8 Å². The molecule has 0 bridgehead atoms. The van der Waals surface area contributed by atoms with Crippen LogP contribution in [0.2, 0.25) is 0 Å². The lowest BCUT2D eigenvalue weighted by Crippen LogP contribution is -2.39. The van der Waals surface area contributed by atoms with Crippen LogP contribution in [0.25, 0.3) is 0 Å². The van der Waals surface area contributed by atoms with Gasteiger partial charge in [-0.1, -0.05) is 6.92 Å². The van der Waals surface area contributed by atoms with E-state index in [1.807, 2.05) is 6.92 Å². The van der Waals surface area contributed by atoms with Gasteiger partial charge in [-0.3, -0.25) is 14.3 Å². The minimum Gasteiger partial charge on any atom is -0.388 e. The van der Waals surface area contributed by atoms with E-state index in [1.54, 1.807) is 0 Å². The van der Waals surface area contributed by atoms with Crippen molar-refractivity contribution >= 4 is 13.2 Å². The smallest absolute Gasteiger partial charge is 0.330 e. The Labute approximate surface area is 153 Å². The number of nitrogens with one attached hydrogen (secondary N) is 2. The van der Waals surface area contributed by atoms with Crippen molar-refractivity contribution < 1.29 is 14.9 Å². The average Bonchev–Trinajstić information content (AvgIpc) is 2.83. The van der Waals surface area contributed by atoms with Crippen molar-refractivity contribution in [2.45, 2.75) is 50.8 Å². The maximum atomic E-state index is 12.2. The molecule has 8 nitrogen and oxygen atoms in total. The van der Waals surface area contributed by atoms with Gasteiger partial charge in [0.05, 0.1) is 6.10 Å². The summed E-state index contributed by atoms with van der Waals surface area (Å²) in [6, 6.07) is 0. The summed E-state index contributed by atoms with van der Waals surface area (Å²) in [7, 11) is 0. The van der Waals surface area contributed by atoms with E-state index in [1.165, 1.54) is 6.20 Å². The molecule has 2 unspecified atom stereocenters. The molecule has 1 aromatic rings. The molecule has 9 heteroatoms. The molecule has 0 spiro atoms. The Hall–Kier alpha value is -1.18. The predicted molar refractivity (Wildman–Crippen MR) is 105 cm³/mol. The van der Waals surface area contributed by atoms with Gasteiger partial charge in [0, 0.05) is 18.3 Å². The fourth-order valence-electron chi connectivity index (χ4n) is 2.92. The van der Waals surface area contributed by atoms with Crippen LogP contribution in [0.3, 0.4) is 0 Å². The lowest BCUT2D eigenvalue weighted by Gasteiger charge is -2.19. The summed E-state index contributed by atoms with van der Waals surface area (Å²) in [6.45, 7) is 5.94. The number of nitrogens with zero attached hydrogens (tertiary/aromatic N) is 1. The van der Waals surface area contributed by atoms with Crippen LogP contribution in [-0.2, 0) is 11.3 Å². The zero-order valence-corrected chi connectivity index (χ0v) is 16.5. The molecule has 2 heterocycles. The largest absolute Gasteiger partial charge is 0.388 e. The Bertz CT molecular complexity index is 768. The molecule has 0 saturated carbocycles. The fourth-order valence-corrected chi connectivity index (χ4v) is 3.87. The van der Waals surface area contributed by atoms with E-state index < -0.39 is 42.7 Å². The highest BCUT2D eigenvalue weighted by Crippen LogP contribution is 2.39. The summed E-state index contributed by atoms with van der Waals surface area (Å²) in [5.74, 6) is 0. The summed E-state index contributed by atoms with van der Waals surface area (Å²) in [4.78, 5) is 26.4. The van der Waals surface area contributed by atoms with Crippen LogP contribution in [-0.4, -0.2) is 70.4 Å². The van der Waals surface area contributed by atoms with Gasteiger partial charge in [-0.05, 0) is 38.9 Å². The van der Waals surface area contributed by atoms with Gasteiger partial charge in [0.15, 0.2) is 6.23 Å². The normalized spacial score (nSPS) is 26.3. The van der Waals surface area contributed by atoms with Gasteiger partial charge in [0.1, 0.15) is 12.2 Å². The van der Waals surface area contributed by atoms with Crippen molar-refractivity contribution in [2.24, 2.45) is 0 Å². The van der Waals surface area contributed by atoms with E-state index in [0.29, 0.717) is 18.5 Å². The maximum Gasteiger partial charge on any atom is 0.330 e. The highest BCUT2D eigenvalue weighted by Gasteiger charge is 2.43. The number of aliphatic hydroxyl groups is 2. The van der Waals surface area contributed by atoms with E-state index in [2.05, 4.69) is 29.9 Å². The molecule has 1 saturated heterocycles. The van der Waals surface area contributed by atoms with Crippen molar-refractivity contribution in [3.05, 3.63) is 32.6 Å². The van der Waals surface area contributed by atoms with Gasteiger partial charge in [-0.2, -0.15) is 0 Å². The van der Waals surface area contributed by atoms with Crippen LogP contribution in [0.4, 0.5) is 0 Å². The lowest BCUT2D eigenvalue weighted by atomic mass is 10.1. The number of H-pyrrole nitrogens is 1. The number of aromatic amines is 1. The van der Waals surface area contributed by atoms with Gasteiger partial charge >= 0.3 is 5.69 Å². The van der Waals surface area contributed by atoms with Gasteiger partial charge in [-0.25, -0.2) is 4.79 Å². The topological polar surface area (TPSA) is 117 Å². The quantitative estimate of drug-likeness (QED) is 0.361. The number of aliphatic hydroxyl groups excluding tert-OH is 2. The molecule has 4 N–H and O–H groups in total. The monoisotopic (exact) mass is 387 g/mol. The highest BCUT2D eigenvalue weighted by molar-refractivity contribution is 7.72. The van der Waals surface area contributed by atoms with Crippen molar-refractivity contribution in [1.29, 1.82) is 0 Å². The average molecular weight is 387 g/mol. The molecule has 1 aromatic heterocycles. The Balaban J connectivity index is 2.21. The van der Waals surface area contributed by atoms with E-state index in [4.69, 9.17) is 4.74 Å². The Kier molecular flexibility index (Phi) is 7.05. The van der Waals surface area contributed by atoms with Crippen LogP contribution in [0.15, 0.2) is 15.8 Å². The van der Waals surface area contributed by atoms with Crippen molar-refractivity contribution in [1.82, 2.24) is 14.9 Å². The molecular weight excluding hydrogens is 357 g/mol. The number of hydrogen-bond donors (Lipinski definition) is 4. The summed E-state index contributed by atoms with van der Waals surface area (Å²) >= 11 is 0. The fraction of sp³-hybridized carbons (Fsp3) is 0.706. The van der Waals surface area contributed by atoms with E-state index in [-0.39, 0.29) is 0 Å². The molecule has 1 aliphatic heterocycles. The standard InChI is InChI=1S/C17H30N3O5P/c1-5-7-18-9-11-10-20(17(24)19-15(11)23)16-14(22)13(21)12(25-16)6-8-26(2,3)4/h10,12-14,16,18,21-22H,2,5-9H2,1,3-4H3,(H,19,23,24)/t12?,13-,14-,16?/m1/s1. The maximum absolute atomic E-state index is 12.2. The zero-order valence-electron chi connectivity index (χ0n) is 15.6. The molecule has 1 aliphatic rings. The zero-order chi connectivity index (χ0) is 19.5. The van der Waals surface area contributed by atoms with Crippen molar-refractivity contribution in [3.63, 3.8) is 0 Å². The molecule has 0 aliphatic carbocycles. The Morgan fingerprint density at radius 1 is 1.35 bits per heavy atom. The second-order valence-corrected chi connectivity index (χ2v) is 11.8. The second kappa shape index (κ2) is 8.67. The predicted octanol–water partition coefficient (Wildman–Crippen LogP) is -0.245. The molecular formula is C17H30N3O5P. The first-order chi connectivity index (χ1) is 12.1. The first-order valence-electron chi connectivity index (χ1n) is 8.88. The van der Waals surface area contributed by atoms with Crippen LogP contribution >= 0.6 is 6.89 Å². The third-order valence-electron chi connectivity index (χ3n) is 4.41. The molecule has 0 amide bonds. The highest BCUT2D eigenvalue weighted by atomic mass is 31.2. The lowest BCUT2D eigenvalue weighted by molar-refractivity contribution is -0.0404. The first kappa shape index (κ1) is 21.1. The van der Waals surface area contributed by atoms with Crippen LogP contribution in [0, 0.1) is 0 Å². The van der Waals surface area contributed by atoms with Gasteiger partial charge in [0.2, 0.25) is 0 Å². The molecule has 0 radical (unpaired) electrons. The van der Waals surface area contributed by atoms with Gasteiger partial charge in [-0.15, -0.1) is 13.2 Å². The molecule has 2 rings (SSSR count). The van der Waals surface area contributed by atoms with Crippen molar-refractivity contribution in [2.75, 3.05) is 26.0 Å². The van der Waals surface area contributed by atoms with Gasteiger partial charge < -0.3 is 20.3 Å². The Morgan fingerprint density at radius 2 is 2.04 bits per heavy atom. The van der Waals surface area contributed by atoms with Crippen molar-refractivity contribution in [3.8, 4) is 0 Å². The van der Waals surface area contributed by atoms with Gasteiger partial charge in [0.25, 0.3) is 5.56 Å². The number of hydrogen-bond acceptors (Lipinski definition) is 6. The number of rotatable bonds is 8. The molecule has 4 atom stereocenters. The third kappa shape index (κ3) is 5.18. The van der Waals surface area contributed by atoms with Crippen LogP contribution in [0.5, 0.6) is 0 Å².